The molecule has 3 heterocycles. The maximum absolute atomic E-state index is 13.2. The second-order valence-electron chi connectivity index (χ2n) is 8.33. The number of nitrogens with zero attached hydrogens (tertiary/aromatic N) is 5. The first-order valence-corrected chi connectivity index (χ1v) is 10.5. The van der Waals surface area contributed by atoms with E-state index in [0.717, 1.165) is 43.2 Å². The third-order valence-electron chi connectivity index (χ3n) is 6.30. The van der Waals surface area contributed by atoms with E-state index < -0.39 is 0 Å². The minimum atomic E-state index is 0.0471. The van der Waals surface area contributed by atoms with Crippen molar-refractivity contribution in [3.8, 4) is 5.75 Å². The van der Waals surface area contributed by atoms with Crippen LogP contribution in [0.1, 0.15) is 56.1 Å². The largest absolute Gasteiger partial charge is 0.497 e. The first kappa shape index (κ1) is 18.4. The van der Waals surface area contributed by atoms with Gasteiger partial charge in [-0.25, -0.2) is 9.67 Å². The zero-order chi connectivity index (χ0) is 20.0. The van der Waals surface area contributed by atoms with Crippen molar-refractivity contribution in [2.24, 2.45) is 0 Å². The van der Waals surface area contributed by atoms with Crippen molar-refractivity contribution in [1.82, 2.24) is 24.2 Å². The monoisotopic (exact) mass is 393 g/mol. The average Bonchev–Trinajstić information content (AvgIpc) is 3.38. The average molecular weight is 393 g/mol. The van der Waals surface area contributed by atoms with Crippen molar-refractivity contribution in [3.63, 3.8) is 0 Å². The summed E-state index contributed by atoms with van der Waals surface area (Å²) in [6.07, 6.45) is 6.41. The lowest BCUT2D eigenvalue weighted by molar-refractivity contribution is 0.176. The van der Waals surface area contributed by atoms with Gasteiger partial charge in [0.25, 0.3) is 5.56 Å². The van der Waals surface area contributed by atoms with E-state index in [9.17, 15) is 4.79 Å². The fourth-order valence-electron chi connectivity index (χ4n) is 4.85. The van der Waals surface area contributed by atoms with Gasteiger partial charge in [-0.3, -0.25) is 14.3 Å². The Balaban J connectivity index is 1.47. The Morgan fingerprint density at radius 3 is 2.66 bits per heavy atom. The Hall–Kier alpha value is -2.67. The molecule has 0 saturated heterocycles. The SMILES string of the molecule is COc1ccc(CN2Cc3nc4c(cnn4C4CCCC4)c(=O)n3C(C)C2)cc1. The maximum Gasteiger partial charge on any atom is 0.264 e. The molecule has 0 spiro atoms. The second kappa shape index (κ2) is 7.30. The molecule has 1 aliphatic heterocycles. The first-order chi connectivity index (χ1) is 14.1. The number of ether oxygens (including phenoxy) is 1. The van der Waals surface area contributed by atoms with Crippen molar-refractivity contribution in [1.29, 1.82) is 0 Å². The molecule has 0 N–H and O–H groups in total. The summed E-state index contributed by atoms with van der Waals surface area (Å²) < 4.78 is 9.12. The topological polar surface area (TPSA) is 65.2 Å². The Morgan fingerprint density at radius 1 is 1.17 bits per heavy atom. The Labute approximate surface area is 169 Å². The fourth-order valence-corrected chi connectivity index (χ4v) is 4.85. The molecule has 3 aromatic rings. The molecule has 5 rings (SSSR count). The van der Waals surface area contributed by atoms with Gasteiger partial charge in [-0.2, -0.15) is 5.10 Å². The van der Waals surface area contributed by atoms with E-state index >= 15 is 0 Å². The molecular formula is C22H27N5O2. The highest BCUT2D eigenvalue weighted by molar-refractivity contribution is 5.73. The van der Waals surface area contributed by atoms with E-state index in [1.807, 2.05) is 21.4 Å². The summed E-state index contributed by atoms with van der Waals surface area (Å²) >= 11 is 0. The molecule has 2 aliphatic rings. The highest BCUT2D eigenvalue weighted by atomic mass is 16.5. The normalized spacial score (nSPS) is 20.3. The smallest absolute Gasteiger partial charge is 0.264 e. The van der Waals surface area contributed by atoms with Crippen LogP contribution in [0.3, 0.4) is 0 Å². The molecule has 1 atom stereocenters. The summed E-state index contributed by atoms with van der Waals surface area (Å²) in [4.78, 5) is 20.5. The predicted molar refractivity (Wildman–Crippen MR) is 111 cm³/mol. The van der Waals surface area contributed by atoms with Crippen molar-refractivity contribution in [2.75, 3.05) is 13.7 Å². The van der Waals surface area contributed by atoms with Gasteiger partial charge in [0.1, 0.15) is 17.0 Å². The van der Waals surface area contributed by atoms with Gasteiger partial charge in [0, 0.05) is 19.1 Å². The summed E-state index contributed by atoms with van der Waals surface area (Å²) in [5.74, 6) is 1.71. The van der Waals surface area contributed by atoms with Gasteiger partial charge in [0.15, 0.2) is 5.65 Å². The minimum absolute atomic E-state index is 0.0471. The molecule has 0 amide bonds. The zero-order valence-corrected chi connectivity index (χ0v) is 17.0. The molecule has 7 nitrogen and oxygen atoms in total. The summed E-state index contributed by atoms with van der Waals surface area (Å²) in [5.41, 5.74) is 2.03. The van der Waals surface area contributed by atoms with E-state index in [1.165, 1.54) is 18.4 Å². The van der Waals surface area contributed by atoms with Gasteiger partial charge >= 0.3 is 0 Å². The number of hydrogen-bond donors (Lipinski definition) is 0. The number of rotatable bonds is 4. The van der Waals surface area contributed by atoms with Gasteiger partial charge in [0.05, 0.1) is 25.9 Å². The standard InChI is InChI=1S/C22H27N5O2/c1-15-12-25(13-16-7-9-18(29-2)10-8-16)14-20-24-21-19(22(28)26(15)20)11-23-27(21)17-5-3-4-6-17/h7-11,15,17H,3-6,12-14H2,1-2H3. The lowest BCUT2D eigenvalue weighted by Crippen LogP contribution is -2.42. The van der Waals surface area contributed by atoms with Crippen LogP contribution in [-0.2, 0) is 13.1 Å². The Bertz CT molecular complexity index is 1080. The van der Waals surface area contributed by atoms with E-state index in [0.29, 0.717) is 18.0 Å². The molecule has 0 bridgehead atoms. The third-order valence-corrected chi connectivity index (χ3v) is 6.30. The van der Waals surface area contributed by atoms with Crippen LogP contribution in [0.15, 0.2) is 35.3 Å². The highest BCUT2D eigenvalue weighted by Crippen LogP contribution is 2.31. The molecule has 29 heavy (non-hydrogen) atoms. The van der Waals surface area contributed by atoms with Crippen LogP contribution in [-0.4, -0.2) is 37.9 Å². The first-order valence-electron chi connectivity index (χ1n) is 10.5. The zero-order valence-electron chi connectivity index (χ0n) is 17.0. The summed E-state index contributed by atoms with van der Waals surface area (Å²) in [5, 5.41) is 5.20. The van der Waals surface area contributed by atoms with Gasteiger partial charge in [-0.1, -0.05) is 25.0 Å². The van der Waals surface area contributed by atoms with Crippen molar-refractivity contribution in [3.05, 3.63) is 52.2 Å². The molecule has 1 aromatic carbocycles. The number of aromatic nitrogens is 4. The molecule has 1 fully saturated rings. The minimum Gasteiger partial charge on any atom is -0.497 e. The number of hydrogen-bond acceptors (Lipinski definition) is 5. The van der Waals surface area contributed by atoms with Crippen molar-refractivity contribution in [2.45, 2.75) is 57.8 Å². The molecule has 1 aliphatic carbocycles. The molecular weight excluding hydrogens is 366 g/mol. The van der Waals surface area contributed by atoms with Gasteiger partial charge in [-0.15, -0.1) is 0 Å². The lowest BCUT2D eigenvalue weighted by Gasteiger charge is -2.33. The van der Waals surface area contributed by atoms with Crippen LogP contribution in [0.4, 0.5) is 0 Å². The molecule has 2 aromatic heterocycles. The quantitative estimate of drug-likeness (QED) is 0.681. The Morgan fingerprint density at radius 2 is 1.93 bits per heavy atom. The number of methoxy groups -OCH3 is 1. The van der Waals surface area contributed by atoms with E-state index in [1.54, 1.807) is 13.3 Å². The van der Waals surface area contributed by atoms with Crippen LogP contribution in [0.2, 0.25) is 0 Å². The third kappa shape index (κ3) is 3.23. The van der Waals surface area contributed by atoms with Crippen molar-refractivity contribution < 1.29 is 4.74 Å². The number of fused-ring (bicyclic) bond motifs is 2. The van der Waals surface area contributed by atoms with E-state index in [4.69, 9.17) is 9.72 Å². The summed E-state index contributed by atoms with van der Waals surface area (Å²) in [7, 11) is 1.68. The highest BCUT2D eigenvalue weighted by Gasteiger charge is 2.28. The molecule has 1 saturated carbocycles. The van der Waals surface area contributed by atoms with Crippen LogP contribution >= 0.6 is 0 Å². The predicted octanol–water partition coefficient (Wildman–Crippen LogP) is 3.29. The summed E-state index contributed by atoms with van der Waals surface area (Å²) in [6.45, 7) is 4.41. The van der Waals surface area contributed by atoms with Crippen LogP contribution < -0.4 is 10.3 Å². The molecule has 7 heteroatoms. The van der Waals surface area contributed by atoms with E-state index in [2.05, 4.69) is 29.1 Å². The lowest BCUT2D eigenvalue weighted by atomic mass is 10.1. The molecule has 1 unspecified atom stereocenters. The Kier molecular flexibility index (Phi) is 4.62. The maximum atomic E-state index is 13.2. The van der Waals surface area contributed by atoms with Gasteiger partial charge in [-0.05, 0) is 37.5 Å². The van der Waals surface area contributed by atoms with Crippen LogP contribution in [0.25, 0.3) is 11.0 Å². The van der Waals surface area contributed by atoms with Gasteiger partial charge < -0.3 is 4.74 Å². The molecule has 0 radical (unpaired) electrons. The fraction of sp³-hybridized carbons (Fsp3) is 0.500. The van der Waals surface area contributed by atoms with Crippen LogP contribution in [0, 0.1) is 0 Å². The number of benzene rings is 1. The summed E-state index contributed by atoms with van der Waals surface area (Å²) in [6, 6.07) is 8.62. The van der Waals surface area contributed by atoms with Crippen LogP contribution in [0.5, 0.6) is 5.75 Å². The van der Waals surface area contributed by atoms with Gasteiger partial charge in [0.2, 0.25) is 0 Å². The molecule has 152 valence electrons. The van der Waals surface area contributed by atoms with E-state index in [-0.39, 0.29) is 11.6 Å². The van der Waals surface area contributed by atoms with Crippen molar-refractivity contribution >= 4 is 11.0 Å². The second-order valence-corrected chi connectivity index (χ2v) is 8.33.